The molecule has 2 nitrogen and oxygen atoms in total. The van der Waals surface area contributed by atoms with E-state index in [1.807, 2.05) is 0 Å². The molecule has 0 N–H and O–H groups in total. The molecule has 6 heteroatoms. The second-order valence-corrected chi connectivity index (χ2v) is 6.94. The molecule has 2 aromatic carbocycles. The summed E-state index contributed by atoms with van der Waals surface area (Å²) in [5, 5.41) is 0. The minimum Gasteiger partial charge on any atom is -0.406 e. The van der Waals surface area contributed by atoms with Crippen LogP contribution in [-0.4, -0.2) is 11.3 Å². The van der Waals surface area contributed by atoms with Gasteiger partial charge in [0.2, 0.25) is 0 Å². The highest BCUT2D eigenvalue weighted by molar-refractivity contribution is 14.1. The van der Waals surface area contributed by atoms with Crippen LogP contribution in [0.4, 0.5) is 13.2 Å². The molecule has 0 amide bonds. The molecule has 0 spiro atoms. The maximum absolute atomic E-state index is 12.2. The topological polar surface area (TPSA) is 12.5 Å². The first-order valence-corrected chi connectivity index (χ1v) is 8.23. The number of ether oxygens (including phenoxy) is 1. The molecule has 0 unspecified atom stereocenters. The first-order chi connectivity index (χ1) is 10.8. The van der Waals surface area contributed by atoms with Gasteiger partial charge in [-0.2, -0.15) is 0 Å². The van der Waals surface area contributed by atoms with E-state index in [1.165, 1.54) is 32.4 Å². The van der Waals surface area contributed by atoms with Crippen molar-refractivity contribution >= 4 is 22.6 Å². The Hall–Kier alpha value is -1.28. The molecular weight excluding hydrogens is 418 g/mol. The molecule has 0 bridgehead atoms. The largest absolute Gasteiger partial charge is 0.573 e. The van der Waals surface area contributed by atoms with Gasteiger partial charge in [0.15, 0.2) is 0 Å². The van der Waals surface area contributed by atoms with Gasteiger partial charge in [0, 0.05) is 23.2 Å². The summed E-state index contributed by atoms with van der Waals surface area (Å²) >= 11 is 2.32. The highest BCUT2D eigenvalue weighted by atomic mass is 127. The van der Waals surface area contributed by atoms with Gasteiger partial charge in [-0.05, 0) is 76.0 Å². The fourth-order valence-corrected chi connectivity index (χ4v) is 3.74. The van der Waals surface area contributed by atoms with Gasteiger partial charge in [-0.1, -0.05) is 12.1 Å². The number of rotatable bonds is 3. The summed E-state index contributed by atoms with van der Waals surface area (Å²) in [6.07, 6.45) is -4.65. The summed E-state index contributed by atoms with van der Waals surface area (Å²) in [5.41, 5.74) is 4.97. The fourth-order valence-electron chi connectivity index (χ4n) is 2.90. The SMILES string of the molecule is Cc1cc(I)cc2c1CN(Cc1ccc(OC(F)(F)F)cc1)C2. The molecule has 1 aliphatic heterocycles. The normalized spacial score (nSPS) is 14.8. The number of halogens is 4. The van der Waals surface area contributed by atoms with Crippen LogP contribution in [-0.2, 0) is 19.6 Å². The Labute approximate surface area is 146 Å². The van der Waals surface area contributed by atoms with E-state index in [1.54, 1.807) is 12.1 Å². The summed E-state index contributed by atoms with van der Waals surface area (Å²) in [6, 6.07) is 10.5. The molecular formula is C17H15F3INO. The molecule has 1 heterocycles. The lowest BCUT2D eigenvalue weighted by Crippen LogP contribution is -2.17. The van der Waals surface area contributed by atoms with Gasteiger partial charge in [0.1, 0.15) is 5.75 Å². The maximum Gasteiger partial charge on any atom is 0.573 e. The Morgan fingerprint density at radius 3 is 2.48 bits per heavy atom. The van der Waals surface area contributed by atoms with Crippen molar-refractivity contribution in [2.45, 2.75) is 32.9 Å². The molecule has 0 radical (unpaired) electrons. The van der Waals surface area contributed by atoms with Crippen molar-refractivity contribution < 1.29 is 17.9 Å². The Morgan fingerprint density at radius 2 is 1.83 bits per heavy atom. The van der Waals surface area contributed by atoms with E-state index in [4.69, 9.17) is 0 Å². The van der Waals surface area contributed by atoms with Gasteiger partial charge in [0.05, 0.1) is 0 Å². The molecule has 0 atom stereocenters. The Bertz CT molecular complexity index is 713. The third kappa shape index (κ3) is 4.17. The number of hydrogen-bond donors (Lipinski definition) is 0. The molecule has 23 heavy (non-hydrogen) atoms. The van der Waals surface area contributed by atoms with Crippen molar-refractivity contribution in [2.24, 2.45) is 0 Å². The van der Waals surface area contributed by atoms with Crippen LogP contribution in [0.3, 0.4) is 0 Å². The predicted octanol–water partition coefficient (Wildman–Crippen LogP) is 5.01. The van der Waals surface area contributed by atoms with E-state index in [2.05, 4.69) is 51.3 Å². The lowest BCUT2D eigenvalue weighted by atomic mass is 10.1. The number of fused-ring (bicyclic) bond motifs is 1. The molecule has 2 aromatic rings. The minimum atomic E-state index is -4.65. The van der Waals surface area contributed by atoms with Crippen molar-refractivity contribution in [3.63, 3.8) is 0 Å². The zero-order valence-electron chi connectivity index (χ0n) is 12.5. The van der Waals surface area contributed by atoms with Gasteiger partial charge in [-0.15, -0.1) is 13.2 Å². The van der Waals surface area contributed by atoms with Crippen LogP contribution >= 0.6 is 22.6 Å². The summed E-state index contributed by atoms with van der Waals surface area (Å²) in [5.74, 6) is -0.184. The van der Waals surface area contributed by atoms with E-state index in [9.17, 15) is 13.2 Å². The Morgan fingerprint density at radius 1 is 1.13 bits per heavy atom. The van der Waals surface area contributed by atoms with Crippen LogP contribution in [0.15, 0.2) is 36.4 Å². The maximum atomic E-state index is 12.2. The third-order valence-electron chi connectivity index (χ3n) is 3.87. The summed E-state index contributed by atoms with van der Waals surface area (Å²) in [6.45, 7) is 4.57. The highest BCUT2D eigenvalue weighted by Gasteiger charge is 2.31. The zero-order valence-corrected chi connectivity index (χ0v) is 14.6. The fraction of sp³-hybridized carbons (Fsp3) is 0.294. The minimum absolute atomic E-state index is 0.184. The van der Waals surface area contributed by atoms with Crippen LogP contribution in [0.5, 0.6) is 5.75 Å². The second kappa shape index (κ2) is 6.32. The van der Waals surface area contributed by atoms with Crippen molar-refractivity contribution in [3.8, 4) is 5.75 Å². The standard InChI is InChI=1S/C17H15F3INO/c1-11-6-14(21)7-13-9-22(10-16(11)13)8-12-2-4-15(5-3-12)23-17(18,19)20/h2-7H,8-10H2,1H3. The zero-order chi connectivity index (χ0) is 16.6. The van der Waals surface area contributed by atoms with E-state index < -0.39 is 6.36 Å². The van der Waals surface area contributed by atoms with Crippen molar-refractivity contribution in [2.75, 3.05) is 0 Å². The first-order valence-electron chi connectivity index (χ1n) is 7.15. The van der Waals surface area contributed by atoms with Crippen LogP contribution in [0.1, 0.15) is 22.3 Å². The second-order valence-electron chi connectivity index (χ2n) is 5.70. The lowest BCUT2D eigenvalue weighted by molar-refractivity contribution is -0.274. The molecule has 0 aliphatic carbocycles. The number of benzene rings is 2. The molecule has 3 rings (SSSR count). The summed E-state index contributed by atoms with van der Waals surface area (Å²) < 4.78 is 41.6. The Kier molecular flexibility index (Phi) is 4.55. The third-order valence-corrected chi connectivity index (χ3v) is 4.49. The van der Waals surface area contributed by atoms with Crippen molar-refractivity contribution in [1.29, 1.82) is 0 Å². The molecule has 122 valence electrons. The van der Waals surface area contributed by atoms with Crippen LogP contribution in [0, 0.1) is 10.5 Å². The monoisotopic (exact) mass is 433 g/mol. The number of nitrogens with zero attached hydrogens (tertiary/aromatic N) is 1. The molecule has 0 saturated heterocycles. The van der Waals surface area contributed by atoms with E-state index in [-0.39, 0.29) is 5.75 Å². The summed E-state index contributed by atoms with van der Waals surface area (Å²) in [4.78, 5) is 2.29. The van der Waals surface area contributed by atoms with Crippen molar-refractivity contribution in [1.82, 2.24) is 4.90 Å². The van der Waals surface area contributed by atoms with Crippen LogP contribution < -0.4 is 4.74 Å². The van der Waals surface area contributed by atoms with Gasteiger partial charge >= 0.3 is 6.36 Å². The number of aryl methyl sites for hydroxylation is 1. The number of alkyl halides is 3. The molecule has 0 fully saturated rings. The predicted molar refractivity (Wildman–Crippen MR) is 90.0 cm³/mol. The van der Waals surface area contributed by atoms with Gasteiger partial charge < -0.3 is 4.74 Å². The van der Waals surface area contributed by atoms with E-state index in [0.717, 1.165) is 18.7 Å². The first kappa shape index (κ1) is 16.6. The van der Waals surface area contributed by atoms with Gasteiger partial charge in [0.25, 0.3) is 0 Å². The average Bonchev–Trinajstić information content (AvgIpc) is 2.82. The molecule has 1 aliphatic rings. The number of hydrogen-bond acceptors (Lipinski definition) is 2. The quantitative estimate of drug-likeness (QED) is 0.631. The van der Waals surface area contributed by atoms with E-state index in [0.29, 0.717) is 6.54 Å². The Balaban J connectivity index is 1.66. The van der Waals surface area contributed by atoms with E-state index >= 15 is 0 Å². The van der Waals surface area contributed by atoms with Crippen LogP contribution in [0.25, 0.3) is 0 Å². The van der Waals surface area contributed by atoms with Gasteiger partial charge in [-0.3, -0.25) is 4.90 Å². The highest BCUT2D eigenvalue weighted by Crippen LogP contribution is 2.29. The average molecular weight is 433 g/mol. The van der Waals surface area contributed by atoms with Crippen LogP contribution in [0.2, 0.25) is 0 Å². The van der Waals surface area contributed by atoms with Gasteiger partial charge in [-0.25, -0.2) is 0 Å². The molecule has 0 saturated carbocycles. The molecule has 0 aromatic heterocycles. The smallest absolute Gasteiger partial charge is 0.406 e. The summed E-state index contributed by atoms with van der Waals surface area (Å²) in [7, 11) is 0. The lowest BCUT2D eigenvalue weighted by Gasteiger charge is -2.15. The van der Waals surface area contributed by atoms with Crippen molar-refractivity contribution in [3.05, 3.63) is 62.2 Å².